The molecule has 0 bridgehead atoms. The van der Waals surface area contributed by atoms with E-state index in [1.165, 1.54) is 0 Å². The van der Waals surface area contributed by atoms with Crippen LogP contribution in [0.4, 0.5) is 5.69 Å². The lowest BCUT2D eigenvalue weighted by molar-refractivity contribution is -0.119. The minimum atomic E-state index is -0.0665. The fourth-order valence-corrected chi connectivity index (χ4v) is 2.09. The number of carbonyl (C=O) groups excluding carboxylic acids is 2. The molecule has 0 heterocycles. The number of nitrogens with one attached hydrogen (secondary N) is 1. The third-order valence-corrected chi connectivity index (χ3v) is 3.06. The average Bonchev–Trinajstić information content (AvgIpc) is 2.37. The van der Waals surface area contributed by atoms with Crippen LogP contribution >= 0.6 is 15.9 Å². The highest BCUT2D eigenvalue weighted by Gasteiger charge is 2.13. The number of nitrogens with zero attached hydrogens (tertiary/aromatic N) is 1. The Morgan fingerprint density at radius 1 is 1.50 bits per heavy atom. The Bertz CT molecular complexity index is 435. The second-order valence-electron chi connectivity index (χ2n) is 3.92. The minimum Gasteiger partial charge on any atom is -0.362 e. The van der Waals surface area contributed by atoms with E-state index >= 15 is 0 Å². The number of carbonyl (C=O) groups is 2. The van der Waals surface area contributed by atoms with Gasteiger partial charge in [0.15, 0.2) is 6.29 Å². The molecule has 0 fully saturated rings. The Morgan fingerprint density at radius 2 is 2.22 bits per heavy atom. The normalized spacial score (nSPS) is 9.94. The highest BCUT2D eigenvalue weighted by atomic mass is 79.9. The first-order valence-electron chi connectivity index (χ1n) is 5.82. The fraction of sp³-hybridized carbons (Fsp3) is 0.385. The zero-order chi connectivity index (χ0) is 13.5. The van der Waals surface area contributed by atoms with Gasteiger partial charge in [0, 0.05) is 29.3 Å². The van der Waals surface area contributed by atoms with Crippen LogP contribution in [-0.4, -0.2) is 32.3 Å². The van der Waals surface area contributed by atoms with Crippen molar-refractivity contribution in [3.8, 4) is 0 Å². The smallest absolute Gasteiger partial charge is 0.239 e. The molecule has 1 aromatic rings. The summed E-state index contributed by atoms with van der Waals surface area (Å²) in [5.41, 5.74) is 1.38. The molecular formula is C13H17BrN2O2. The van der Waals surface area contributed by atoms with Gasteiger partial charge >= 0.3 is 0 Å². The van der Waals surface area contributed by atoms with Crippen molar-refractivity contribution in [3.63, 3.8) is 0 Å². The summed E-state index contributed by atoms with van der Waals surface area (Å²) >= 11 is 3.33. The van der Waals surface area contributed by atoms with E-state index in [1.54, 1.807) is 13.1 Å². The molecule has 18 heavy (non-hydrogen) atoms. The molecule has 1 aromatic carbocycles. The Morgan fingerprint density at radius 3 is 2.78 bits per heavy atom. The second kappa shape index (κ2) is 7.16. The van der Waals surface area contributed by atoms with Crippen molar-refractivity contribution >= 4 is 33.8 Å². The van der Waals surface area contributed by atoms with Crippen molar-refractivity contribution in [2.24, 2.45) is 0 Å². The first-order valence-corrected chi connectivity index (χ1v) is 6.62. The fourth-order valence-electron chi connectivity index (χ4n) is 1.71. The molecule has 0 spiro atoms. The molecule has 0 unspecified atom stereocenters. The average molecular weight is 313 g/mol. The first-order chi connectivity index (χ1) is 8.62. The van der Waals surface area contributed by atoms with Crippen molar-refractivity contribution in [2.75, 3.05) is 25.0 Å². The molecule has 0 aliphatic heterocycles. The second-order valence-corrected chi connectivity index (χ2v) is 4.83. The first kappa shape index (κ1) is 14.7. The monoisotopic (exact) mass is 312 g/mol. The van der Waals surface area contributed by atoms with E-state index in [4.69, 9.17) is 0 Å². The van der Waals surface area contributed by atoms with Crippen LogP contribution in [0.1, 0.15) is 23.7 Å². The van der Waals surface area contributed by atoms with Crippen LogP contribution in [0.5, 0.6) is 0 Å². The van der Waals surface area contributed by atoms with Crippen LogP contribution in [0.25, 0.3) is 0 Å². The Labute approximate surface area is 115 Å². The van der Waals surface area contributed by atoms with Gasteiger partial charge in [-0.1, -0.05) is 22.9 Å². The summed E-state index contributed by atoms with van der Waals surface area (Å²) in [7, 11) is 1.61. The van der Waals surface area contributed by atoms with Gasteiger partial charge in [-0.25, -0.2) is 0 Å². The molecule has 0 aliphatic rings. The lowest BCUT2D eigenvalue weighted by atomic mass is 10.1. The third kappa shape index (κ3) is 3.84. The third-order valence-electron chi connectivity index (χ3n) is 2.56. The molecular weight excluding hydrogens is 296 g/mol. The molecule has 4 nitrogen and oxygen atoms in total. The van der Waals surface area contributed by atoms with E-state index in [9.17, 15) is 9.59 Å². The maximum absolute atomic E-state index is 11.5. The molecule has 0 saturated carbocycles. The summed E-state index contributed by atoms with van der Waals surface area (Å²) in [6.45, 7) is 3.03. The van der Waals surface area contributed by atoms with Gasteiger partial charge in [-0.15, -0.1) is 0 Å². The number of benzene rings is 1. The Hall–Kier alpha value is -1.36. The molecule has 98 valence electrons. The Kier molecular flexibility index (Phi) is 5.85. The molecule has 1 N–H and O–H groups in total. The summed E-state index contributed by atoms with van der Waals surface area (Å²) < 4.78 is 0.852. The number of halogens is 1. The van der Waals surface area contributed by atoms with Gasteiger partial charge in [-0.05, 0) is 24.6 Å². The number of aldehydes is 1. The van der Waals surface area contributed by atoms with Crippen LogP contribution in [0.15, 0.2) is 22.7 Å². The Balaban J connectivity index is 3.04. The number of hydrogen-bond acceptors (Lipinski definition) is 3. The van der Waals surface area contributed by atoms with Gasteiger partial charge in [-0.2, -0.15) is 0 Å². The van der Waals surface area contributed by atoms with Gasteiger partial charge in [0.1, 0.15) is 0 Å². The summed E-state index contributed by atoms with van der Waals surface area (Å²) in [4.78, 5) is 24.5. The largest absolute Gasteiger partial charge is 0.362 e. The summed E-state index contributed by atoms with van der Waals surface area (Å²) in [6.07, 6.45) is 1.72. The lowest BCUT2D eigenvalue weighted by Crippen LogP contribution is -2.36. The number of amides is 1. The van der Waals surface area contributed by atoms with E-state index in [0.29, 0.717) is 5.56 Å². The van der Waals surface area contributed by atoms with Crippen molar-refractivity contribution < 1.29 is 9.59 Å². The van der Waals surface area contributed by atoms with Crippen molar-refractivity contribution in [1.29, 1.82) is 0 Å². The number of likely N-dealkylation sites (N-methyl/N-ethyl adjacent to an activating group) is 1. The van der Waals surface area contributed by atoms with E-state index in [2.05, 4.69) is 21.2 Å². The topological polar surface area (TPSA) is 49.4 Å². The molecule has 5 heteroatoms. The van der Waals surface area contributed by atoms with E-state index in [1.807, 2.05) is 24.0 Å². The van der Waals surface area contributed by atoms with Gasteiger partial charge in [-0.3, -0.25) is 9.59 Å². The van der Waals surface area contributed by atoms with E-state index in [-0.39, 0.29) is 12.5 Å². The lowest BCUT2D eigenvalue weighted by Gasteiger charge is -2.24. The van der Waals surface area contributed by atoms with Crippen LogP contribution in [-0.2, 0) is 4.79 Å². The van der Waals surface area contributed by atoms with Crippen LogP contribution in [0.2, 0.25) is 0 Å². The minimum absolute atomic E-state index is 0.0665. The molecule has 0 saturated heterocycles. The molecule has 0 radical (unpaired) electrons. The summed E-state index contributed by atoms with van der Waals surface area (Å²) in [5, 5.41) is 2.59. The predicted octanol–water partition coefficient (Wildman–Crippen LogP) is 2.22. The summed E-state index contributed by atoms with van der Waals surface area (Å²) in [5.74, 6) is -0.0665. The van der Waals surface area contributed by atoms with Gasteiger partial charge in [0.05, 0.1) is 6.54 Å². The van der Waals surface area contributed by atoms with Gasteiger partial charge < -0.3 is 10.2 Å². The van der Waals surface area contributed by atoms with Crippen LogP contribution < -0.4 is 10.2 Å². The van der Waals surface area contributed by atoms with E-state index in [0.717, 1.165) is 29.4 Å². The molecule has 0 aliphatic carbocycles. The maximum Gasteiger partial charge on any atom is 0.239 e. The molecule has 0 atom stereocenters. The zero-order valence-electron chi connectivity index (χ0n) is 10.6. The summed E-state index contributed by atoms with van der Waals surface area (Å²) in [6, 6.07) is 5.48. The molecule has 0 aromatic heterocycles. The van der Waals surface area contributed by atoms with Crippen molar-refractivity contribution in [1.82, 2.24) is 5.32 Å². The van der Waals surface area contributed by atoms with Crippen LogP contribution in [0, 0.1) is 0 Å². The quantitative estimate of drug-likeness (QED) is 0.819. The molecule has 1 amide bonds. The number of rotatable bonds is 6. The van der Waals surface area contributed by atoms with E-state index < -0.39 is 0 Å². The highest BCUT2D eigenvalue weighted by Crippen LogP contribution is 2.23. The van der Waals surface area contributed by atoms with Crippen molar-refractivity contribution in [2.45, 2.75) is 13.3 Å². The molecule has 1 rings (SSSR count). The SMILES string of the molecule is CCCN(CC(=O)NC)c1ccc(Br)cc1C=O. The maximum atomic E-state index is 11.5. The number of hydrogen-bond donors (Lipinski definition) is 1. The highest BCUT2D eigenvalue weighted by molar-refractivity contribution is 9.10. The predicted molar refractivity (Wildman–Crippen MR) is 76.1 cm³/mol. The van der Waals surface area contributed by atoms with Crippen LogP contribution in [0.3, 0.4) is 0 Å². The number of anilines is 1. The van der Waals surface area contributed by atoms with Crippen molar-refractivity contribution in [3.05, 3.63) is 28.2 Å². The zero-order valence-corrected chi connectivity index (χ0v) is 12.2. The standard InChI is InChI=1S/C13H17BrN2O2/c1-3-6-16(8-13(18)15-2)12-5-4-11(14)7-10(12)9-17/h4-5,7,9H,3,6,8H2,1-2H3,(H,15,18). The van der Waals surface area contributed by atoms with Gasteiger partial charge in [0.2, 0.25) is 5.91 Å². The van der Waals surface area contributed by atoms with Gasteiger partial charge in [0.25, 0.3) is 0 Å².